The van der Waals surface area contributed by atoms with Gasteiger partial charge in [0.2, 0.25) is 0 Å². The van der Waals surface area contributed by atoms with Crippen molar-refractivity contribution in [1.82, 2.24) is 0 Å². The predicted octanol–water partition coefficient (Wildman–Crippen LogP) is 3.47. The molecule has 0 bridgehead atoms. The van der Waals surface area contributed by atoms with Crippen LogP contribution < -0.4 is 10.5 Å². The Hall–Kier alpha value is -1.80. The number of nitrogens with two attached hydrogens (primary N) is 1. The number of rotatable bonds is 4. The minimum absolute atomic E-state index is 0.0209. The van der Waals surface area contributed by atoms with Gasteiger partial charge in [0, 0.05) is 6.04 Å². The van der Waals surface area contributed by atoms with Crippen LogP contribution in [0.15, 0.2) is 54.6 Å². The van der Waals surface area contributed by atoms with Crippen LogP contribution >= 0.6 is 0 Å². The summed E-state index contributed by atoms with van der Waals surface area (Å²) in [7, 11) is 0. The Bertz CT molecular complexity index is 476. The molecule has 2 nitrogen and oxygen atoms in total. The molecule has 0 aliphatic heterocycles. The minimum Gasteiger partial charge on any atom is -0.489 e. The minimum atomic E-state index is 0.0209. The monoisotopic (exact) mass is 241 g/mol. The van der Waals surface area contributed by atoms with Crippen LogP contribution in [0.1, 0.15) is 13.8 Å². The Morgan fingerprint density at radius 1 is 0.833 bits per heavy atom. The summed E-state index contributed by atoms with van der Waals surface area (Å²) in [5, 5.41) is 0. The van der Waals surface area contributed by atoms with Gasteiger partial charge in [-0.25, -0.2) is 0 Å². The van der Waals surface area contributed by atoms with Gasteiger partial charge in [0.15, 0.2) is 0 Å². The summed E-state index contributed by atoms with van der Waals surface area (Å²) < 4.78 is 5.74. The zero-order valence-electron chi connectivity index (χ0n) is 10.8. The van der Waals surface area contributed by atoms with Crippen molar-refractivity contribution in [3.63, 3.8) is 0 Å². The third-order valence-electron chi connectivity index (χ3n) is 3.02. The Morgan fingerprint density at radius 2 is 1.39 bits per heavy atom. The standard InChI is InChI=1S/C16H19NO/c1-12(17)13(2)18-16-10-8-15(9-11-16)14-6-4-3-5-7-14/h3-13H,17H2,1-2H3. The fourth-order valence-electron chi connectivity index (χ4n) is 1.68. The van der Waals surface area contributed by atoms with Crippen molar-refractivity contribution in [1.29, 1.82) is 0 Å². The van der Waals surface area contributed by atoms with Crippen LogP contribution in [0.4, 0.5) is 0 Å². The van der Waals surface area contributed by atoms with Gasteiger partial charge in [0.25, 0.3) is 0 Å². The molecule has 0 saturated carbocycles. The molecule has 2 aromatic rings. The highest BCUT2D eigenvalue weighted by atomic mass is 16.5. The summed E-state index contributed by atoms with van der Waals surface area (Å²) in [4.78, 5) is 0. The zero-order valence-corrected chi connectivity index (χ0v) is 10.8. The second-order valence-corrected chi connectivity index (χ2v) is 4.57. The number of hydrogen-bond donors (Lipinski definition) is 1. The molecule has 2 heteroatoms. The molecule has 2 rings (SSSR count). The average Bonchev–Trinajstić information content (AvgIpc) is 2.40. The lowest BCUT2D eigenvalue weighted by Gasteiger charge is -2.18. The fourth-order valence-corrected chi connectivity index (χ4v) is 1.68. The van der Waals surface area contributed by atoms with E-state index in [4.69, 9.17) is 10.5 Å². The van der Waals surface area contributed by atoms with Gasteiger partial charge in [-0.05, 0) is 37.1 Å². The van der Waals surface area contributed by atoms with Crippen LogP contribution in [0, 0.1) is 0 Å². The Morgan fingerprint density at radius 3 is 1.94 bits per heavy atom. The predicted molar refractivity (Wildman–Crippen MR) is 75.6 cm³/mol. The van der Waals surface area contributed by atoms with Gasteiger partial charge in [0.05, 0.1) is 0 Å². The van der Waals surface area contributed by atoms with Gasteiger partial charge in [-0.2, -0.15) is 0 Å². The summed E-state index contributed by atoms with van der Waals surface area (Å²) in [5.41, 5.74) is 8.18. The smallest absolute Gasteiger partial charge is 0.119 e. The topological polar surface area (TPSA) is 35.2 Å². The van der Waals surface area contributed by atoms with E-state index in [0.717, 1.165) is 5.75 Å². The molecule has 2 unspecified atom stereocenters. The lowest BCUT2D eigenvalue weighted by molar-refractivity contribution is 0.196. The van der Waals surface area contributed by atoms with E-state index in [1.165, 1.54) is 11.1 Å². The normalized spacial score (nSPS) is 13.9. The second-order valence-electron chi connectivity index (χ2n) is 4.57. The van der Waals surface area contributed by atoms with Crippen molar-refractivity contribution in [2.75, 3.05) is 0 Å². The van der Waals surface area contributed by atoms with Crippen LogP contribution in [-0.2, 0) is 0 Å². The zero-order chi connectivity index (χ0) is 13.0. The summed E-state index contributed by atoms with van der Waals surface area (Å²) in [6.07, 6.45) is 0.0209. The highest BCUT2D eigenvalue weighted by Crippen LogP contribution is 2.22. The lowest BCUT2D eigenvalue weighted by atomic mass is 10.1. The summed E-state index contributed by atoms with van der Waals surface area (Å²) in [5.74, 6) is 0.861. The van der Waals surface area contributed by atoms with Crippen LogP contribution in [0.25, 0.3) is 11.1 Å². The first-order chi connectivity index (χ1) is 8.66. The molecule has 94 valence electrons. The van der Waals surface area contributed by atoms with E-state index < -0.39 is 0 Å². The molecule has 0 saturated heterocycles. The molecule has 2 N–H and O–H groups in total. The van der Waals surface area contributed by atoms with E-state index in [2.05, 4.69) is 24.3 Å². The molecular weight excluding hydrogens is 222 g/mol. The number of benzene rings is 2. The largest absolute Gasteiger partial charge is 0.489 e. The van der Waals surface area contributed by atoms with Crippen molar-refractivity contribution < 1.29 is 4.74 Å². The number of ether oxygens (including phenoxy) is 1. The van der Waals surface area contributed by atoms with E-state index in [9.17, 15) is 0 Å². The van der Waals surface area contributed by atoms with Crippen molar-refractivity contribution >= 4 is 0 Å². The Kier molecular flexibility index (Phi) is 4.00. The first-order valence-corrected chi connectivity index (χ1v) is 6.24. The maximum Gasteiger partial charge on any atom is 0.119 e. The van der Waals surface area contributed by atoms with E-state index in [-0.39, 0.29) is 12.1 Å². The lowest BCUT2D eigenvalue weighted by Crippen LogP contribution is -2.33. The molecule has 2 atom stereocenters. The third kappa shape index (κ3) is 3.11. The highest BCUT2D eigenvalue weighted by Gasteiger charge is 2.08. The highest BCUT2D eigenvalue weighted by molar-refractivity contribution is 5.63. The summed E-state index contributed by atoms with van der Waals surface area (Å²) in [6.45, 7) is 3.93. The van der Waals surface area contributed by atoms with Crippen molar-refractivity contribution in [2.24, 2.45) is 5.73 Å². The molecule has 0 radical (unpaired) electrons. The molecule has 0 aliphatic carbocycles. The molecule has 0 amide bonds. The van der Waals surface area contributed by atoms with Crippen LogP contribution in [0.3, 0.4) is 0 Å². The van der Waals surface area contributed by atoms with E-state index in [1.54, 1.807) is 0 Å². The Balaban J connectivity index is 2.11. The first-order valence-electron chi connectivity index (χ1n) is 6.24. The quantitative estimate of drug-likeness (QED) is 0.889. The van der Waals surface area contributed by atoms with Crippen LogP contribution in [0.5, 0.6) is 5.75 Å². The van der Waals surface area contributed by atoms with Gasteiger partial charge >= 0.3 is 0 Å². The van der Waals surface area contributed by atoms with Crippen LogP contribution in [-0.4, -0.2) is 12.1 Å². The maximum atomic E-state index is 5.78. The maximum absolute atomic E-state index is 5.78. The molecule has 0 aromatic heterocycles. The first kappa shape index (κ1) is 12.7. The van der Waals surface area contributed by atoms with Crippen LogP contribution in [0.2, 0.25) is 0 Å². The van der Waals surface area contributed by atoms with E-state index in [1.807, 2.05) is 44.2 Å². The van der Waals surface area contributed by atoms with Crippen molar-refractivity contribution in [3.05, 3.63) is 54.6 Å². The summed E-state index contributed by atoms with van der Waals surface area (Å²) in [6, 6.07) is 18.4. The van der Waals surface area contributed by atoms with E-state index in [0.29, 0.717) is 0 Å². The summed E-state index contributed by atoms with van der Waals surface area (Å²) >= 11 is 0. The van der Waals surface area contributed by atoms with Gasteiger partial charge in [-0.3, -0.25) is 0 Å². The molecule has 0 spiro atoms. The molecule has 2 aromatic carbocycles. The molecule has 0 aliphatic rings. The van der Waals surface area contributed by atoms with Gasteiger partial charge in [-0.15, -0.1) is 0 Å². The average molecular weight is 241 g/mol. The number of hydrogen-bond acceptors (Lipinski definition) is 2. The van der Waals surface area contributed by atoms with E-state index >= 15 is 0 Å². The SMILES string of the molecule is CC(N)C(C)Oc1ccc(-c2ccccc2)cc1. The molecular formula is C16H19NO. The molecule has 18 heavy (non-hydrogen) atoms. The van der Waals surface area contributed by atoms with Gasteiger partial charge in [0.1, 0.15) is 11.9 Å². The van der Waals surface area contributed by atoms with Crippen molar-refractivity contribution in [2.45, 2.75) is 26.0 Å². The van der Waals surface area contributed by atoms with Gasteiger partial charge < -0.3 is 10.5 Å². The fraction of sp³-hybridized carbons (Fsp3) is 0.250. The third-order valence-corrected chi connectivity index (χ3v) is 3.02. The molecule has 0 heterocycles. The van der Waals surface area contributed by atoms with Gasteiger partial charge in [-0.1, -0.05) is 42.5 Å². The molecule has 0 fully saturated rings. The Labute approximate surface area is 108 Å². The second kappa shape index (κ2) is 5.69. The van der Waals surface area contributed by atoms with Crippen molar-refractivity contribution in [3.8, 4) is 16.9 Å².